The van der Waals surface area contributed by atoms with Gasteiger partial charge in [-0.15, -0.1) is 12.4 Å². The molecule has 0 aliphatic carbocycles. The maximum atomic E-state index is 13.6. The molecule has 2 heterocycles. The molecule has 4 aromatic rings. The fraction of sp³-hybridized carbons (Fsp3) is 0.200. The molecule has 5 nitrogen and oxygen atoms in total. The van der Waals surface area contributed by atoms with Crippen molar-refractivity contribution in [3.63, 3.8) is 0 Å². The zero-order valence-electron chi connectivity index (χ0n) is 18.0. The summed E-state index contributed by atoms with van der Waals surface area (Å²) < 4.78 is 41.2. The topological polar surface area (TPSA) is 45.6 Å². The largest absolute Gasteiger partial charge is 0.368 e. The van der Waals surface area contributed by atoms with Crippen molar-refractivity contribution in [2.75, 3.05) is 31.1 Å². The van der Waals surface area contributed by atoms with Crippen molar-refractivity contribution in [3.05, 3.63) is 96.4 Å². The Hall–Kier alpha value is -2.87. The number of nitrogens with zero attached hydrogens (tertiary/aromatic N) is 3. The Kier molecular flexibility index (Phi) is 6.74. The van der Waals surface area contributed by atoms with Crippen molar-refractivity contribution in [3.8, 4) is 0 Å². The molecule has 1 saturated heterocycles. The molecule has 0 spiro atoms. The first-order valence-electron chi connectivity index (χ1n) is 10.6. The summed E-state index contributed by atoms with van der Waals surface area (Å²) in [5, 5.41) is 0.879. The third-order valence-electron chi connectivity index (χ3n) is 5.99. The molecule has 0 saturated carbocycles. The van der Waals surface area contributed by atoms with E-state index >= 15 is 0 Å². The smallest absolute Gasteiger partial charge is 0.268 e. The van der Waals surface area contributed by atoms with Crippen LogP contribution in [0.4, 0.5) is 10.1 Å². The van der Waals surface area contributed by atoms with Gasteiger partial charge in [-0.1, -0.05) is 42.5 Å². The van der Waals surface area contributed by atoms with Crippen molar-refractivity contribution in [2.24, 2.45) is 0 Å². The fourth-order valence-electron chi connectivity index (χ4n) is 4.34. The van der Waals surface area contributed by atoms with E-state index in [1.807, 2.05) is 24.3 Å². The van der Waals surface area contributed by atoms with Crippen LogP contribution in [-0.4, -0.2) is 43.5 Å². The Labute approximate surface area is 199 Å². The van der Waals surface area contributed by atoms with Gasteiger partial charge in [-0.3, -0.25) is 4.90 Å². The van der Waals surface area contributed by atoms with Gasteiger partial charge < -0.3 is 4.90 Å². The van der Waals surface area contributed by atoms with Crippen molar-refractivity contribution in [2.45, 2.75) is 11.4 Å². The molecule has 0 atom stereocenters. The number of halogens is 2. The third-order valence-corrected chi connectivity index (χ3v) is 7.67. The zero-order chi connectivity index (χ0) is 22.1. The van der Waals surface area contributed by atoms with Crippen LogP contribution in [0.15, 0.2) is 90.0 Å². The van der Waals surface area contributed by atoms with E-state index < -0.39 is 15.8 Å². The van der Waals surface area contributed by atoms with Crippen LogP contribution in [-0.2, 0) is 16.6 Å². The number of anilines is 1. The minimum absolute atomic E-state index is 0. The first-order valence-corrected chi connectivity index (χ1v) is 12.1. The number of aromatic nitrogens is 1. The van der Waals surface area contributed by atoms with Crippen LogP contribution in [0.2, 0.25) is 0 Å². The third kappa shape index (κ3) is 4.62. The highest BCUT2D eigenvalue weighted by Crippen LogP contribution is 2.31. The molecule has 172 valence electrons. The molecule has 0 amide bonds. The minimum atomic E-state index is -3.89. The van der Waals surface area contributed by atoms with Gasteiger partial charge in [-0.2, -0.15) is 0 Å². The highest BCUT2D eigenvalue weighted by Gasteiger charge is 2.23. The Balaban J connectivity index is 0.00000259. The van der Waals surface area contributed by atoms with Crippen LogP contribution in [0, 0.1) is 5.82 Å². The van der Waals surface area contributed by atoms with Crippen LogP contribution < -0.4 is 4.90 Å². The Morgan fingerprint density at radius 2 is 1.55 bits per heavy atom. The van der Waals surface area contributed by atoms with E-state index in [9.17, 15) is 12.8 Å². The summed E-state index contributed by atoms with van der Waals surface area (Å²) in [6.07, 6.45) is 1.56. The zero-order valence-corrected chi connectivity index (χ0v) is 19.6. The highest BCUT2D eigenvalue weighted by atomic mass is 35.5. The van der Waals surface area contributed by atoms with Crippen LogP contribution in [0.3, 0.4) is 0 Å². The number of fused-ring (bicyclic) bond motifs is 1. The quantitative estimate of drug-likeness (QED) is 0.409. The van der Waals surface area contributed by atoms with Gasteiger partial charge in [0.2, 0.25) is 0 Å². The number of hydrogen-bond donors (Lipinski definition) is 0. The molecule has 8 heteroatoms. The molecule has 0 N–H and O–H groups in total. The number of piperazine rings is 1. The van der Waals surface area contributed by atoms with Gasteiger partial charge in [-0.05, 0) is 42.0 Å². The number of benzene rings is 3. The molecule has 0 bridgehead atoms. The SMILES string of the molecule is Cl.O=S(=O)(c1cccc(F)c1)n1ccc2c(N3CCN(Cc4ccccc4)CC3)cccc21. The van der Waals surface area contributed by atoms with Gasteiger partial charge in [0, 0.05) is 50.0 Å². The van der Waals surface area contributed by atoms with Crippen molar-refractivity contribution < 1.29 is 12.8 Å². The summed E-state index contributed by atoms with van der Waals surface area (Å²) in [6.45, 7) is 4.55. The second-order valence-electron chi connectivity index (χ2n) is 8.03. The predicted octanol–water partition coefficient (Wildman–Crippen LogP) is 4.76. The molecular formula is C25H25ClFN3O2S. The van der Waals surface area contributed by atoms with Crippen LogP contribution in [0.5, 0.6) is 0 Å². The Morgan fingerprint density at radius 3 is 2.27 bits per heavy atom. The van der Waals surface area contributed by atoms with Gasteiger partial charge >= 0.3 is 0 Å². The fourth-order valence-corrected chi connectivity index (χ4v) is 5.72. The Morgan fingerprint density at radius 1 is 0.818 bits per heavy atom. The number of rotatable bonds is 5. The molecule has 0 unspecified atom stereocenters. The molecule has 1 aliphatic rings. The first kappa shape index (κ1) is 23.3. The van der Waals surface area contributed by atoms with Gasteiger partial charge in [0.25, 0.3) is 10.0 Å². The van der Waals surface area contributed by atoms with E-state index in [1.165, 1.54) is 27.7 Å². The monoisotopic (exact) mass is 485 g/mol. The summed E-state index contributed by atoms with van der Waals surface area (Å²) in [5.74, 6) is -0.573. The van der Waals surface area contributed by atoms with Gasteiger partial charge in [0.15, 0.2) is 0 Å². The van der Waals surface area contributed by atoms with Crippen molar-refractivity contribution in [1.29, 1.82) is 0 Å². The lowest BCUT2D eigenvalue weighted by atomic mass is 10.1. The maximum Gasteiger partial charge on any atom is 0.268 e. The second-order valence-corrected chi connectivity index (χ2v) is 9.85. The predicted molar refractivity (Wildman–Crippen MR) is 132 cm³/mol. The average Bonchev–Trinajstić information content (AvgIpc) is 3.26. The Bertz CT molecular complexity index is 1350. The van der Waals surface area contributed by atoms with Gasteiger partial charge in [-0.25, -0.2) is 16.8 Å². The normalized spacial score (nSPS) is 14.9. The van der Waals surface area contributed by atoms with Crippen LogP contribution >= 0.6 is 12.4 Å². The van der Waals surface area contributed by atoms with Crippen LogP contribution in [0.25, 0.3) is 10.9 Å². The highest BCUT2D eigenvalue weighted by molar-refractivity contribution is 7.90. The van der Waals surface area contributed by atoms with E-state index in [1.54, 1.807) is 12.3 Å². The number of hydrogen-bond acceptors (Lipinski definition) is 4. The van der Waals surface area contributed by atoms with E-state index in [4.69, 9.17) is 0 Å². The average molecular weight is 486 g/mol. The molecule has 0 radical (unpaired) electrons. The van der Waals surface area contributed by atoms with Crippen molar-refractivity contribution in [1.82, 2.24) is 8.87 Å². The second kappa shape index (κ2) is 9.55. The molecule has 3 aromatic carbocycles. The maximum absolute atomic E-state index is 13.6. The molecule has 1 aromatic heterocycles. The lowest BCUT2D eigenvalue weighted by molar-refractivity contribution is 0.250. The van der Waals surface area contributed by atoms with Crippen molar-refractivity contribution >= 4 is 39.0 Å². The van der Waals surface area contributed by atoms with E-state index in [2.05, 4.69) is 34.1 Å². The summed E-state index contributed by atoms with van der Waals surface area (Å²) in [6, 6.07) is 23.1. The van der Waals surface area contributed by atoms with E-state index in [-0.39, 0.29) is 17.3 Å². The van der Waals surface area contributed by atoms with E-state index in [0.29, 0.717) is 5.52 Å². The molecule has 5 rings (SSSR count). The van der Waals surface area contributed by atoms with E-state index in [0.717, 1.165) is 49.9 Å². The van der Waals surface area contributed by atoms with Gasteiger partial charge in [0.1, 0.15) is 5.82 Å². The minimum Gasteiger partial charge on any atom is -0.368 e. The summed E-state index contributed by atoms with van der Waals surface area (Å²) in [7, 11) is -3.89. The lowest BCUT2D eigenvalue weighted by Crippen LogP contribution is -2.46. The van der Waals surface area contributed by atoms with Crippen LogP contribution in [0.1, 0.15) is 5.56 Å². The summed E-state index contributed by atoms with van der Waals surface area (Å²) >= 11 is 0. The van der Waals surface area contributed by atoms with Gasteiger partial charge in [0.05, 0.1) is 10.4 Å². The summed E-state index contributed by atoms with van der Waals surface area (Å²) in [5.41, 5.74) is 2.93. The summed E-state index contributed by atoms with van der Waals surface area (Å²) in [4.78, 5) is 4.68. The first-order chi connectivity index (χ1) is 15.5. The molecule has 33 heavy (non-hydrogen) atoms. The molecular weight excluding hydrogens is 461 g/mol. The molecule has 1 aliphatic heterocycles. The molecule has 1 fully saturated rings. The standard InChI is InChI=1S/C25H24FN3O2S.ClH/c26-21-8-4-9-22(18-21)32(30,31)29-13-12-23-24(10-5-11-25(23)29)28-16-14-27(15-17-28)19-20-6-2-1-3-7-20;/h1-13,18H,14-17,19H2;1H. The lowest BCUT2D eigenvalue weighted by Gasteiger charge is -2.36.